The second-order valence-electron chi connectivity index (χ2n) is 5.36. The molecule has 0 unspecified atom stereocenters. The molecule has 0 atom stereocenters. The number of amides is 2. The van der Waals surface area contributed by atoms with E-state index >= 15 is 0 Å². The van der Waals surface area contributed by atoms with Crippen molar-refractivity contribution in [1.82, 2.24) is 10.2 Å². The number of benzene rings is 1. The Morgan fingerprint density at radius 2 is 1.88 bits per heavy atom. The fraction of sp³-hybridized carbons (Fsp3) is 0.467. The molecule has 25 heavy (non-hydrogen) atoms. The lowest BCUT2D eigenvalue weighted by molar-refractivity contribution is -0.137. The molecule has 6 nitrogen and oxygen atoms in total. The van der Waals surface area contributed by atoms with Gasteiger partial charge < -0.3 is 15.4 Å². The molecule has 1 aliphatic rings. The lowest BCUT2D eigenvalue weighted by Crippen LogP contribution is -2.43. The van der Waals surface area contributed by atoms with E-state index in [-0.39, 0.29) is 12.2 Å². The molecular formula is C15H17ClF3N3O3. The molecule has 0 bridgehead atoms. The third kappa shape index (κ3) is 5.87. The van der Waals surface area contributed by atoms with Crippen LogP contribution in [0, 0.1) is 0 Å². The number of anilines is 1. The van der Waals surface area contributed by atoms with Gasteiger partial charge in [0, 0.05) is 31.9 Å². The van der Waals surface area contributed by atoms with Crippen molar-refractivity contribution in [2.24, 2.45) is 0 Å². The van der Waals surface area contributed by atoms with Crippen molar-refractivity contribution in [3.8, 4) is 0 Å². The predicted octanol–water partition coefficient (Wildman–Crippen LogP) is 1.75. The minimum atomic E-state index is -4.65. The molecule has 1 aliphatic heterocycles. The fourth-order valence-electron chi connectivity index (χ4n) is 2.24. The molecule has 138 valence electrons. The van der Waals surface area contributed by atoms with Gasteiger partial charge in [0.2, 0.25) is 0 Å². The maximum Gasteiger partial charge on any atom is 0.417 e. The smallest absolute Gasteiger partial charge is 0.379 e. The molecule has 1 heterocycles. The zero-order valence-corrected chi connectivity index (χ0v) is 13.9. The summed E-state index contributed by atoms with van der Waals surface area (Å²) in [4.78, 5) is 25.6. The molecule has 0 radical (unpaired) electrons. The summed E-state index contributed by atoms with van der Waals surface area (Å²) in [5.74, 6) is -1.96. The Labute approximate surface area is 147 Å². The summed E-state index contributed by atoms with van der Waals surface area (Å²) >= 11 is 5.50. The number of carbonyl (C=O) groups excluding carboxylic acids is 2. The summed E-state index contributed by atoms with van der Waals surface area (Å²) in [6.45, 7) is 3.53. The molecule has 1 aromatic carbocycles. The summed E-state index contributed by atoms with van der Waals surface area (Å²) in [5, 5.41) is 4.07. The Hall–Kier alpha value is -1.84. The van der Waals surface area contributed by atoms with Crippen molar-refractivity contribution in [2.75, 3.05) is 44.7 Å². The van der Waals surface area contributed by atoms with E-state index in [2.05, 4.69) is 15.5 Å². The topological polar surface area (TPSA) is 70.7 Å². The first-order valence-corrected chi connectivity index (χ1v) is 7.91. The highest BCUT2D eigenvalue weighted by molar-refractivity contribution is 6.39. The van der Waals surface area contributed by atoms with Crippen LogP contribution in [0.3, 0.4) is 0 Å². The number of rotatable bonds is 4. The normalized spacial score (nSPS) is 15.7. The number of nitrogens with zero attached hydrogens (tertiary/aromatic N) is 1. The van der Waals surface area contributed by atoms with Crippen molar-refractivity contribution >= 4 is 29.1 Å². The quantitative estimate of drug-likeness (QED) is 0.782. The third-order valence-corrected chi connectivity index (χ3v) is 3.88. The summed E-state index contributed by atoms with van der Waals surface area (Å²) in [6, 6.07) is 2.88. The predicted molar refractivity (Wildman–Crippen MR) is 85.4 cm³/mol. The summed E-state index contributed by atoms with van der Waals surface area (Å²) < 4.78 is 43.5. The van der Waals surface area contributed by atoms with Crippen molar-refractivity contribution in [1.29, 1.82) is 0 Å². The van der Waals surface area contributed by atoms with Crippen LogP contribution >= 0.6 is 11.6 Å². The highest BCUT2D eigenvalue weighted by atomic mass is 35.5. The lowest BCUT2D eigenvalue weighted by atomic mass is 10.2. The van der Waals surface area contributed by atoms with Crippen molar-refractivity contribution in [2.45, 2.75) is 6.18 Å². The van der Waals surface area contributed by atoms with Gasteiger partial charge in [0.1, 0.15) is 0 Å². The first-order chi connectivity index (χ1) is 11.8. The van der Waals surface area contributed by atoms with Crippen molar-refractivity contribution in [3.63, 3.8) is 0 Å². The van der Waals surface area contributed by atoms with Crippen LogP contribution in [0.2, 0.25) is 5.02 Å². The minimum Gasteiger partial charge on any atom is -0.379 e. The second kappa shape index (κ2) is 8.50. The molecule has 0 aromatic heterocycles. The highest BCUT2D eigenvalue weighted by Gasteiger charge is 2.33. The Bertz CT molecular complexity index is 634. The van der Waals surface area contributed by atoms with Crippen LogP contribution in [-0.2, 0) is 20.5 Å². The number of alkyl halides is 3. The van der Waals surface area contributed by atoms with Gasteiger partial charge in [0.15, 0.2) is 0 Å². The molecule has 0 spiro atoms. The van der Waals surface area contributed by atoms with Gasteiger partial charge in [0.25, 0.3) is 0 Å². The van der Waals surface area contributed by atoms with Crippen LogP contribution in [-0.4, -0.2) is 56.1 Å². The monoisotopic (exact) mass is 379 g/mol. The molecule has 10 heteroatoms. The molecule has 2 amide bonds. The van der Waals surface area contributed by atoms with Gasteiger partial charge in [-0.15, -0.1) is 0 Å². The number of carbonyl (C=O) groups is 2. The average Bonchev–Trinajstić information content (AvgIpc) is 2.56. The molecule has 1 saturated heterocycles. The molecule has 2 N–H and O–H groups in total. The number of ether oxygens (including phenoxy) is 1. The molecular weight excluding hydrogens is 363 g/mol. The van der Waals surface area contributed by atoms with Gasteiger partial charge in [-0.05, 0) is 18.2 Å². The van der Waals surface area contributed by atoms with E-state index in [1.54, 1.807) is 0 Å². The molecule has 1 aromatic rings. The minimum absolute atomic E-state index is 0.162. The Morgan fingerprint density at radius 3 is 2.52 bits per heavy atom. The Kier molecular flexibility index (Phi) is 6.63. The zero-order valence-electron chi connectivity index (χ0n) is 13.2. The first-order valence-electron chi connectivity index (χ1n) is 7.53. The van der Waals surface area contributed by atoms with E-state index in [0.29, 0.717) is 25.8 Å². The number of hydrogen-bond donors (Lipinski definition) is 2. The van der Waals surface area contributed by atoms with E-state index in [9.17, 15) is 22.8 Å². The number of morpholine rings is 1. The molecule has 2 rings (SSSR count). The van der Waals surface area contributed by atoms with E-state index in [4.69, 9.17) is 16.3 Å². The zero-order chi connectivity index (χ0) is 18.4. The van der Waals surface area contributed by atoms with Gasteiger partial charge in [-0.1, -0.05) is 11.6 Å². The largest absolute Gasteiger partial charge is 0.417 e. The van der Waals surface area contributed by atoms with Crippen molar-refractivity contribution in [3.05, 3.63) is 28.8 Å². The lowest BCUT2D eigenvalue weighted by Gasteiger charge is -2.26. The highest BCUT2D eigenvalue weighted by Crippen LogP contribution is 2.36. The maximum absolute atomic E-state index is 12.8. The van der Waals surface area contributed by atoms with Gasteiger partial charge in [-0.2, -0.15) is 13.2 Å². The Balaban J connectivity index is 1.85. The van der Waals surface area contributed by atoms with E-state index < -0.39 is 28.6 Å². The van der Waals surface area contributed by atoms with Crippen LogP contribution in [0.25, 0.3) is 0 Å². The van der Waals surface area contributed by atoms with E-state index in [1.165, 1.54) is 6.07 Å². The standard InChI is InChI=1S/C15H17ClF3N3O3/c16-12-2-1-10(9-11(12)15(17,18)19)21-14(24)13(23)20-3-4-22-5-7-25-8-6-22/h1-2,9H,3-8H2,(H,20,23)(H,21,24). The number of hydrogen-bond acceptors (Lipinski definition) is 4. The third-order valence-electron chi connectivity index (χ3n) is 3.55. The SMILES string of the molecule is O=C(NCCN1CCOCC1)C(=O)Nc1ccc(Cl)c(C(F)(F)F)c1. The first kappa shape index (κ1) is 19.5. The van der Waals surface area contributed by atoms with E-state index in [1.807, 2.05) is 0 Å². The van der Waals surface area contributed by atoms with Crippen LogP contribution in [0.4, 0.5) is 18.9 Å². The van der Waals surface area contributed by atoms with Gasteiger partial charge >= 0.3 is 18.0 Å². The number of halogens is 4. The molecule has 1 fully saturated rings. The van der Waals surface area contributed by atoms with E-state index in [0.717, 1.165) is 19.2 Å². The van der Waals surface area contributed by atoms with Crippen LogP contribution in [0.15, 0.2) is 18.2 Å². The van der Waals surface area contributed by atoms with Crippen molar-refractivity contribution < 1.29 is 27.5 Å². The van der Waals surface area contributed by atoms with Gasteiger partial charge in [-0.3, -0.25) is 14.5 Å². The maximum atomic E-state index is 12.8. The summed E-state index contributed by atoms with van der Waals surface area (Å²) in [7, 11) is 0. The van der Waals surface area contributed by atoms with Gasteiger partial charge in [-0.25, -0.2) is 0 Å². The fourth-order valence-corrected chi connectivity index (χ4v) is 2.47. The van der Waals surface area contributed by atoms with Crippen LogP contribution in [0.5, 0.6) is 0 Å². The summed E-state index contributed by atoms with van der Waals surface area (Å²) in [6.07, 6.45) is -4.65. The Morgan fingerprint density at radius 1 is 1.20 bits per heavy atom. The summed E-state index contributed by atoms with van der Waals surface area (Å²) in [5.41, 5.74) is -1.25. The second-order valence-corrected chi connectivity index (χ2v) is 5.76. The van der Waals surface area contributed by atoms with Crippen LogP contribution in [0.1, 0.15) is 5.56 Å². The molecule has 0 saturated carbocycles. The van der Waals surface area contributed by atoms with Crippen LogP contribution < -0.4 is 10.6 Å². The average molecular weight is 380 g/mol. The molecule has 0 aliphatic carbocycles. The van der Waals surface area contributed by atoms with Gasteiger partial charge in [0.05, 0.1) is 23.8 Å². The number of nitrogens with one attached hydrogen (secondary N) is 2.